The Balaban J connectivity index is 2.32. The third-order valence-corrected chi connectivity index (χ3v) is 5.36. The van der Waals surface area contributed by atoms with Crippen molar-refractivity contribution in [2.45, 2.75) is 24.6 Å². The summed E-state index contributed by atoms with van der Waals surface area (Å²) in [4.78, 5) is 0. The van der Waals surface area contributed by atoms with Crippen molar-refractivity contribution in [1.29, 1.82) is 0 Å². The highest BCUT2D eigenvalue weighted by molar-refractivity contribution is 7.92. The van der Waals surface area contributed by atoms with Gasteiger partial charge in [0.15, 0.2) is 9.84 Å². The molecule has 0 aliphatic carbocycles. The van der Waals surface area contributed by atoms with E-state index in [1.165, 1.54) is 0 Å². The van der Waals surface area contributed by atoms with Crippen LogP contribution in [0.5, 0.6) is 5.75 Å². The van der Waals surface area contributed by atoms with Crippen LogP contribution in [-0.4, -0.2) is 26.0 Å². The Morgan fingerprint density at radius 3 is 2.82 bits per heavy atom. The Morgan fingerprint density at radius 1 is 1.41 bits per heavy atom. The van der Waals surface area contributed by atoms with Gasteiger partial charge in [-0.25, -0.2) is 8.42 Å². The normalized spacial score (nSPS) is 23.9. The van der Waals surface area contributed by atoms with Crippen LogP contribution in [0.1, 0.15) is 24.9 Å². The van der Waals surface area contributed by atoms with Crippen molar-refractivity contribution in [2.75, 3.05) is 12.4 Å². The summed E-state index contributed by atoms with van der Waals surface area (Å²) in [5.41, 5.74) is 6.83. The molecule has 17 heavy (non-hydrogen) atoms. The van der Waals surface area contributed by atoms with E-state index in [0.717, 1.165) is 5.56 Å². The fourth-order valence-corrected chi connectivity index (χ4v) is 3.87. The summed E-state index contributed by atoms with van der Waals surface area (Å²) in [6.07, 6.45) is 0.604. The van der Waals surface area contributed by atoms with Gasteiger partial charge in [0.05, 0.1) is 11.8 Å². The lowest BCUT2D eigenvalue weighted by molar-refractivity contribution is 0.270. The molecule has 0 spiro atoms. The van der Waals surface area contributed by atoms with E-state index < -0.39 is 21.1 Å². The van der Waals surface area contributed by atoms with Gasteiger partial charge in [0.1, 0.15) is 17.6 Å². The Kier molecular flexibility index (Phi) is 3.40. The van der Waals surface area contributed by atoms with E-state index in [2.05, 4.69) is 0 Å². The third-order valence-electron chi connectivity index (χ3n) is 3.03. The molecule has 5 heteroatoms. The van der Waals surface area contributed by atoms with Crippen LogP contribution in [0.2, 0.25) is 0 Å². The van der Waals surface area contributed by atoms with Gasteiger partial charge in [-0.05, 0) is 12.5 Å². The second-order valence-electron chi connectivity index (χ2n) is 4.28. The first kappa shape index (κ1) is 12.4. The highest BCUT2D eigenvalue weighted by atomic mass is 32.2. The Labute approximate surface area is 102 Å². The molecule has 0 radical (unpaired) electrons. The van der Waals surface area contributed by atoms with Crippen molar-refractivity contribution in [3.8, 4) is 5.75 Å². The Bertz CT molecular complexity index is 498. The molecule has 1 heterocycles. The molecule has 2 unspecified atom stereocenters. The van der Waals surface area contributed by atoms with Gasteiger partial charge in [0, 0.05) is 5.56 Å². The lowest BCUT2D eigenvalue weighted by Gasteiger charge is -2.30. The molecule has 0 fully saturated rings. The van der Waals surface area contributed by atoms with Gasteiger partial charge in [-0.2, -0.15) is 0 Å². The highest BCUT2D eigenvalue weighted by Gasteiger charge is 2.36. The lowest BCUT2D eigenvalue weighted by atomic mass is 10.0. The van der Waals surface area contributed by atoms with Crippen LogP contribution >= 0.6 is 0 Å². The topological polar surface area (TPSA) is 69.4 Å². The molecule has 1 aromatic rings. The molecule has 0 aromatic heterocycles. The number of hydrogen-bond donors (Lipinski definition) is 1. The second kappa shape index (κ2) is 4.66. The van der Waals surface area contributed by atoms with Crippen molar-refractivity contribution in [3.63, 3.8) is 0 Å². The molecule has 1 aliphatic heterocycles. The zero-order valence-electron chi connectivity index (χ0n) is 9.80. The van der Waals surface area contributed by atoms with Gasteiger partial charge in [-0.3, -0.25) is 0 Å². The molecular weight excluding hydrogens is 238 g/mol. The number of ether oxygens (including phenoxy) is 1. The number of hydrogen-bond acceptors (Lipinski definition) is 4. The van der Waals surface area contributed by atoms with Gasteiger partial charge >= 0.3 is 0 Å². The van der Waals surface area contributed by atoms with Crippen LogP contribution in [0.3, 0.4) is 0 Å². The molecule has 94 valence electrons. The fourth-order valence-electron chi connectivity index (χ4n) is 2.13. The molecule has 1 aromatic carbocycles. The van der Waals surface area contributed by atoms with Crippen LogP contribution in [0.25, 0.3) is 0 Å². The lowest BCUT2D eigenvalue weighted by Crippen LogP contribution is -2.42. The number of benzene rings is 1. The summed E-state index contributed by atoms with van der Waals surface area (Å²) in [6.45, 7) is 2.00. The summed E-state index contributed by atoms with van der Waals surface area (Å²) < 4.78 is 29.6. The quantitative estimate of drug-likeness (QED) is 0.883. The van der Waals surface area contributed by atoms with Crippen molar-refractivity contribution < 1.29 is 13.2 Å². The van der Waals surface area contributed by atoms with E-state index in [4.69, 9.17) is 10.5 Å². The Hall–Kier alpha value is -1.07. The van der Waals surface area contributed by atoms with E-state index in [1.54, 1.807) is 0 Å². The minimum Gasteiger partial charge on any atom is -0.492 e. The minimum atomic E-state index is -3.18. The first-order valence-corrected chi connectivity index (χ1v) is 7.46. The van der Waals surface area contributed by atoms with Gasteiger partial charge in [0.25, 0.3) is 0 Å². The summed E-state index contributed by atoms with van der Waals surface area (Å²) in [5, 5.41) is -0.627. The summed E-state index contributed by atoms with van der Waals surface area (Å²) in [7, 11) is -3.18. The van der Waals surface area contributed by atoms with Gasteiger partial charge in [-0.1, -0.05) is 25.1 Å². The summed E-state index contributed by atoms with van der Waals surface area (Å²) in [5.74, 6) is 0.861. The SMILES string of the molecule is CCCS(=O)(=O)C1COc2ccccc2C1N. The standard InChI is InChI=1S/C12H17NO3S/c1-2-7-17(14,15)11-8-16-10-6-4-3-5-9(10)12(11)13/h3-6,11-12H,2,7-8,13H2,1H3. The maximum absolute atomic E-state index is 12.0. The molecule has 4 nitrogen and oxygen atoms in total. The molecule has 0 saturated heterocycles. The van der Waals surface area contributed by atoms with E-state index in [0.29, 0.717) is 12.2 Å². The highest BCUT2D eigenvalue weighted by Crippen LogP contribution is 2.33. The second-order valence-corrected chi connectivity index (χ2v) is 6.62. The average Bonchev–Trinajstić information content (AvgIpc) is 2.29. The first-order valence-electron chi connectivity index (χ1n) is 5.75. The predicted molar refractivity (Wildman–Crippen MR) is 66.7 cm³/mol. The molecular formula is C12H17NO3S. The third kappa shape index (κ3) is 2.30. The summed E-state index contributed by atoms with van der Waals surface area (Å²) in [6, 6.07) is 6.85. The van der Waals surface area contributed by atoms with E-state index in [-0.39, 0.29) is 12.4 Å². The minimum absolute atomic E-state index is 0.153. The number of nitrogens with two attached hydrogens (primary N) is 1. The van der Waals surface area contributed by atoms with Gasteiger partial charge < -0.3 is 10.5 Å². The van der Waals surface area contributed by atoms with Crippen LogP contribution < -0.4 is 10.5 Å². The van der Waals surface area contributed by atoms with Gasteiger partial charge in [-0.15, -0.1) is 0 Å². The number of fused-ring (bicyclic) bond motifs is 1. The summed E-state index contributed by atoms with van der Waals surface area (Å²) >= 11 is 0. The maximum atomic E-state index is 12.0. The van der Waals surface area contributed by atoms with Crippen molar-refractivity contribution in [1.82, 2.24) is 0 Å². The fraction of sp³-hybridized carbons (Fsp3) is 0.500. The van der Waals surface area contributed by atoms with Crippen LogP contribution in [0.15, 0.2) is 24.3 Å². The molecule has 1 aliphatic rings. The van der Waals surface area contributed by atoms with E-state index >= 15 is 0 Å². The van der Waals surface area contributed by atoms with Crippen LogP contribution in [-0.2, 0) is 9.84 Å². The largest absolute Gasteiger partial charge is 0.492 e. The molecule has 2 rings (SSSR count). The van der Waals surface area contributed by atoms with E-state index in [1.807, 2.05) is 31.2 Å². The zero-order valence-corrected chi connectivity index (χ0v) is 10.6. The zero-order chi connectivity index (χ0) is 12.5. The van der Waals surface area contributed by atoms with Gasteiger partial charge in [0.2, 0.25) is 0 Å². The number of para-hydroxylation sites is 1. The number of sulfone groups is 1. The Morgan fingerprint density at radius 2 is 2.12 bits per heavy atom. The molecule has 0 amide bonds. The molecule has 2 N–H and O–H groups in total. The molecule has 0 bridgehead atoms. The maximum Gasteiger partial charge on any atom is 0.158 e. The van der Waals surface area contributed by atoms with Crippen molar-refractivity contribution in [2.24, 2.45) is 5.73 Å². The molecule has 2 atom stereocenters. The smallest absolute Gasteiger partial charge is 0.158 e. The monoisotopic (exact) mass is 255 g/mol. The van der Waals surface area contributed by atoms with Crippen molar-refractivity contribution in [3.05, 3.63) is 29.8 Å². The average molecular weight is 255 g/mol. The predicted octanol–water partition coefficient (Wildman–Crippen LogP) is 1.27. The first-order chi connectivity index (χ1) is 8.06. The van der Waals surface area contributed by atoms with E-state index in [9.17, 15) is 8.42 Å². The van der Waals surface area contributed by atoms with Crippen molar-refractivity contribution >= 4 is 9.84 Å². The molecule has 0 saturated carbocycles. The van der Waals surface area contributed by atoms with Crippen LogP contribution in [0, 0.1) is 0 Å². The van der Waals surface area contributed by atoms with Crippen LogP contribution in [0.4, 0.5) is 0 Å². The number of rotatable bonds is 3.